The lowest BCUT2D eigenvalue weighted by molar-refractivity contribution is -0.00801. The molecule has 1 heterocycles. The number of anilines is 1. The first-order valence-electron chi connectivity index (χ1n) is 12.8. The van der Waals surface area contributed by atoms with Gasteiger partial charge in [-0.05, 0) is 100 Å². The van der Waals surface area contributed by atoms with Gasteiger partial charge < -0.3 is 5.11 Å². The van der Waals surface area contributed by atoms with Crippen LogP contribution >= 0.6 is 0 Å². The van der Waals surface area contributed by atoms with E-state index in [-0.39, 0.29) is 11.3 Å². The van der Waals surface area contributed by atoms with Crippen molar-refractivity contribution in [1.29, 1.82) is 0 Å². The Morgan fingerprint density at radius 2 is 1.83 bits per heavy atom. The minimum absolute atomic E-state index is 0.0810. The van der Waals surface area contributed by atoms with Crippen LogP contribution in [0.5, 0.6) is 0 Å². The van der Waals surface area contributed by atoms with Gasteiger partial charge in [0.05, 0.1) is 0 Å². The van der Waals surface area contributed by atoms with Crippen molar-refractivity contribution in [2.24, 2.45) is 5.92 Å². The summed E-state index contributed by atoms with van der Waals surface area (Å²) in [6.07, 6.45) is 4.98. The first-order chi connectivity index (χ1) is 17.3. The summed E-state index contributed by atoms with van der Waals surface area (Å²) >= 11 is 0. The largest absolute Gasteiger partial charge is 0.378 e. The molecule has 2 aliphatic rings. The predicted molar refractivity (Wildman–Crippen MR) is 142 cm³/mol. The maximum absolute atomic E-state index is 13.1. The second-order valence-electron chi connectivity index (χ2n) is 10.5. The third kappa shape index (κ3) is 4.66. The molecule has 5 heteroatoms. The van der Waals surface area contributed by atoms with E-state index in [1.54, 1.807) is 6.92 Å². The van der Waals surface area contributed by atoms with Crippen molar-refractivity contribution in [3.8, 4) is 11.8 Å². The van der Waals surface area contributed by atoms with Crippen molar-refractivity contribution < 1.29 is 9.90 Å². The number of aromatic nitrogens is 2. The summed E-state index contributed by atoms with van der Waals surface area (Å²) in [4.78, 5) is 21.8. The maximum Gasteiger partial charge on any atom is 0.258 e. The van der Waals surface area contributed by atoms with Crippen LogP contribution < -0.4 is 5.32 Å². The molecule has 3 aromatic rings. The zero-order valence-electron chi connectivity index (χ0n) is 21.3. The van der Waals surface area contributed by atoms with E-state index in [4.69, 9.17) is 0 Å². The van der Waals surface area contributed by atoms with E-state index in [9.17, 15) is 9.90 Å². The SMILES string of the molecule is CC#C[C@@]1(O)CC[C@@]2(Cc3ccccc3)c3ccc(C(=O)Nc4nc(C)cc(C)n4)cc3CC[C@@H]2C1. The Balaban J connectivity index is 1.49. The molecule has 0 saturated heterocycles. The molecular weight excluding hydrogens is 446 g/mol. The second kappa shape index (κ2) is 9.52. The molecule has 1 saturated carbocycles. The number of hydrogen-bond donors (Lipinski definition) is 2. The van der Waals surface area contributed by atoms with Gasteiger partial charge in [0.1, 0.15) is 5.60 Å². The number of aliphatic hydroxyl groups is 1. The molecule has 0 bridgehead atoms. The van der Waals surface area contributed by atoms with Crippen LogP contribution in [0.3, 0.4) is 0 Å². The van der Waals surface area contributed by atoms with Crippen molar-refractivity contribution in [3.05, 3.63) is 88.2 Å². The number of nitrogens with zero attached hydrogens (tertiary/aromatic N) is 2. The highest BCUT2D eigenvalue weighted by atomic mass is 16.3. The molecule has 5 nitrogen and oxygen atoms in total. The Morgan fingerprint density at radius 3 is 2.56 bits per heavy atom. The molecule has 1 aromatic heterocycles. The van der Waals surface area contributed by atoms with Crippen LogP contribution in [0, 0.1) is 31.6 Å². The number of carbonyl (C=O) groups is 1. The van der Waals surface area contributed by atoms with Crippen molar-refractivity contribution >= 4 is 11.9 Å². The van der Waals surface area contributed by atoms with Crippen molar-refractivity contribution in [2.75, 3.05) is 5.32 Å². The zero-order valence-corrected chi connectivity index (χ0v) is 21.3. The van der Waals surface area contributed by atoms with Gasteiger partial charge in [-0.15, -0.1) is 5.92 Å². The van der Waals surface area contributed by atoms with Gasteiger partial charge in [-0.25, -0.2) is 9.97 Å². The summed E-state index contributed by atoms with van der Waals surface area (Å²) < 4.78 is 0. The van der Waals surface area contributed by atoms with E-state index in [0.29, 0.717) is 30.3 Å². The first-order valence-corrected chi connectivity index (χ1v) is 12.8. The molecule has 2 aliphatic carbocycles. The standard InChI is InChI=1S/C31H33N3O2/c1-4-14-30(36)15-16-31(19-23-8-6-5-7-9-23)26(20-30)12-10-24-18-25(11-13-27(24)31)28(35)34-29-32-21(2)17-22(3)33-29/h5-9,11,13,17-18,26,36H,10,12,15-16,19-20H2,1-3H3,(H,32,33,34,35)/t26-,30-,31+/m1/s1. The number of rotatable bonds is 4. The Kier molecular flexibility index (Phi) is 6.40. The number of fused-ring (bicyclic) bond motifs is 3. The number of amides is 1. The average Bonchev–Trinajstić information content (AvgIpc) is 2.84. The lowest BCUT2D eigenvalue weighted by atomic mass is 9.52. The quantitative estimate of drug-likeness (QED) is 0.496. The van der Waals surface area contributed by atoms with Gasteiger partial charge in [0.15, 0.2) is 0 Å². The fourth-order valence-electron chi connectivity index (χ4n) is 6.42. The third-order valence-corrected chi connectivity index (χ3v) is 7.94. The van der Waals surface area contributed by atoms with Gasteiger partial charge >= 0.3 is 0 Å². The van der Waals surface area contributed by atoms with Crippen molar-refractivity contribution in [3.63, 3.8) is 0 Å². The molecule has 2 N–H and O–H groups in total. The van der Waals surface area contributed by atoms with Crippen LogP contribution in [0.1, 0.15) is 71.0 Å². The summed E-state index contributed by atoms with van der Waals surface area (Å²) in [5.41, 5.74) is 5.11. The smallest absolute Gasteiger partial charge is 0.258 e. The van der Waals surface area contributed by atoms with Crippen LogP contribution in [0.2, 0.25) is 0 Å². The molecule has 184 valence electrons. The van der Waals surface area contributed by atoms with Gasteiger partial charge in [0.2, 0.25) is 5.95 Å². The monoisotopic (exact) mass is 479 g/mol. The fourth-order valence-corrected chi connectivity index (χ4v) is 6.42. The minimum atomic E-state index is -0.914. The molecule has 2 aromatic carbocycles. The Bertz CT molecular complexity index is 1340. The molecule has 0 spiro atoms. The van der Waals surface area contributed by atoms with Gasteiger partial charge in [-0.1, -0.05) is 42.3 Å². The number of carbonyl (C=O) groups excluding carboxylic acids is 1. The number of nitrogens with one attached hydrogen (secondary N) is 1. The van der Waals surface area contributed by atoms with E-state index < -0.39 is 5.60 Å². The van der Waals surface area contributed by atoms with Gasteiger partial charge in [-0.2, -0.15) is 0 Å². The van der Waals surface area contributed by atoms with Crippen molar-refractivity contribution in [2.45, 2.75) is 70.3 Å². The summed E-state index contributed by atoms with van der Waals surface area (Å²) in [6, 6.07) is 18.6. The number of hydrogen-bond acceptors (Lipinski definition) is 4. The van der Waals surface area contributed by atoms with Crippen LogP contribution in [-0.2, 0) is 18.3 Å². The summed E-state index contributed by atoms with van der Waals surface area (Å²) in [7, 11) is 0. The van der Waals surface area contributed by atoms with E-state index in [1.165, 1.54) is 16.7 Å². The molecule has 0 unspecified atom stereocenters. The highest BCUT2D eigenvalue weighted by molar-refractivity contribution is 6.03. The first kappa shape index (κ1) is 24.2. The summed E-state index contributed by atoms with van der Waals surface area (Å²) in [5.74, 6) is 6.51. The molecule has 1 fully saturated rings. The third-order valence-electron chi connectivity index (χ3n) is 7.94. The maximum atomic E-state index is 13.1. The van der Waals surface area contributed by atoms with Crippen LogP contribution in [0.4, 0.5) is 5.95 Å². The molecule has 1 amide bonds. The van der Waals surface area contributed by atoms with E-state index in [2.05, 4.69) is 57.5 Å². The highest BCUT2D eigenvalue weighted by Gasteiger charge is 2.51. The van der Waals surface area contributed by atoms with E-state index in [1.807, 2.05) is 38.1 Å². The fraction of sp³-hybridized carbons (Fsp3) is 0.387. The van der Waals surface area contributed by atoms with Gasteiger partial charge in [0.25, 0.3) is 5.91 Å². The molecule has 36 heavy (non-hydrogen) atoms. The number of aryl methyl sites for hydroxylation is 3. The average molecular weight is 480 g/mol. The number of benzene rings is 2. The van der Waals surface area contributed by atoms with Crippen LogP contribution in [0.25, 0.3) is 0 Å². The normalized spacial score (nSPS) is 24.6. The Labute approximate surface area is 213 Å². The second-order valence-corrected chi connectivity index (χ2v) is 10.5. The summed E-state index contributed by atoms with van der Waals surface area (Å²) in [5, 5.41) is 14.1. The van der Waals surface area contributed by atoms with Gasteiger partial charge in [-0.3, -0.25) is 10.1 Å². The van der Waals surface area contributed by atoms with Gasteiger partial charge in [0, 0.05) is 22.4 Å². The zero-order chi connectivity index (χ0) is 25.3. The van der Waals surface area contributed by atoms with Crippen molar-refractivity contribution in [1.82, 2.24) is 9.97 Å². The highest BCUT2D eigenvalue weighted by Crippen LogP contribution is 2.54. The predicted octanol–water partition coefficient (Wildman–Crippen LogP) is 5.33. The Morgan fingerprint density at radius 1 is 1.08 bits per heavy atom. The molecule has 5 rings (SSSR count). The molecular formula is C31H33N3O2. The lowest BCUT2D eigenvalue weighted by Gasteiger charge is -2.52. The minimum Gasteiger partial charge on any atom is -0.378 e. The summed E-state index contributed by atoms with van der Waals surface area (Å²) in [6.45, 7) is 5.59. The van der Waals surface area contributed by atoms with Crippen LogP contribution in [0.15, 0.2) is 54.6 Å². The molecule has 0 radical (unpaired) electrons. The van der Waals surface area contributed by atoms with E-state index >= 15 is 0 Å². The van der Waals surface area contributed by atoms with Crippen LogP contribution in [-0.4, -0.2) is 26.6 Å². The molecule has 0 aliphatic heterocycles. The lowest BCUT2D eigenvalue weighted by Crippen LogP contribution is -2.50. The Hall–Kier alpha value is -3.49. The topological polar surface area (TPSA) is 75.1 Å². The molecule has 3 atom stereocenters. The van der Waals surface area contributed by atoms with E-state index in [0.717, 1.165) is 37.1 Å².